The number of carbonyl (C=O) groups is 2. The number of amides is 2. The molecule has 3 unspecified atom stereocenters. The predicted octanol–water partition coefficient (Wildman–Crippen LogP) is 1.20. The van der Waals surface area contributed by atoms with E-state index in [-0.39, 0.29) is 30.6 Å². The highest BCUT2D eigenvalue weighted by Gasteiger charge is 2.34. The number of carbonyl (C=O) groups excluding carboxylic acids is 1. The van der Waals surface area contributed by atoms with Crippen LogP contribution in [0, 0.1) is 0 Å². The van der Waals surface area contributed by atoms with E-state index in [4.69, 9.17) is 9.84 Å². The van der Waals surface area contributed by atoms with E-state index in [0.717, 1.165) is 32.1 Å². The smallest absolute Gasteiger partial charge is 0.317 e. The minimum absolute atomic E-state index is 0.0335. The van der Waals surface area contributed by atoms with Crippen LogP contribution in [0.4, 0.5) is 4.79 Å². The lowest BCUT2D eigenvalue weighted by Crippen LogP contribution is -2.49. The maximum Gasteiger partial charge on any atom is 0.317 e. The molecule has 0 aromatic carbocycles. The summed E-state index contributed by atoms with van der Waals surface area (Å²) in [5.74, 6) is -0.847. The summed E-state index contributed by atoms with van der Waals surface area (Å²) < 4.78 is 5.35. The van der Waals surface area contributed by atoms with Gasteiger partial charge in [0.15, 0.2) is 0 Å². The highest BCUT2D eigenvalue weighted by atomic mass is 16.5. The third-order valence-electron chi connectivity index (χ3n) is 4.11. The fraction of sp³-hybridized carbons (Fsp3) is 0.846. The first-order valence-corrected chi connectivity index (χ1v) is 6.93. The van der Waals surface area contributed by atoms with Crippen molar-refractivity contribution >= 4 is 12.0 Å². The topological polar surface area (TPSA) is 78.9 Å². The molecule has 2 aliphatic rings. The number of carboxylic acids is 1. The first-order valence-electron chi connectivity index (χ1n) is 6.93. The van der Waals surface area contributed by atoms with Gasteiger partial charge in [0.05, 0.1) is 18.6 Å². The molecule has 2 fully saturated rings. The Balaban J connectivity index is 1.89. The van der Waals surface area contributed by atoms with Gasteiger partial charge in [-0.1, -0.05) is 0 Å². The lowest BCUT2D eigenvalue weighted by molar-refractivity contribution is -0.137. The molecule has 108 valence electrons. The van der Waals surface area contributed by atoms with Crippen molar-refractivity contribution in [1.82, 2.24) is 10.2 Å². The number of hydrogen-bond donors (Lipinski definition) is 2. The minimum Gasteiger partial charge on any atom is -0.481 e. The van der Waals surface area contributed by atoms with Crippen LogP contribution in [-0.4, -0.2) is 53.8 Å². The molecule has 6 heteroatoms. The molecular formula is C13H22N2O4. The van der Waals surface area contributed by atoms with Crippen molar-refractivity contribution in [3.05, 3.63) is 0 Å². The highest BCUT2D eigenvalue weighted by Crippen LogP contribution is 2.24. The summed E-state index contributed by atoms with van der Waals surface area (Å²) in [5, 5.41) is 11.9. The monoisotopic (exact) mass is 270 g/mol. The molecule has 0 radical (unpaired) electrons. The van der Waals surface area contributed by atoms with Crippen LogP contribution in [0.25, 0.3) is 0 Å². The molecule has 2 rings (SSSR count). The highest BCUT2D eigenvalue weighted by molar-refractivity contribution is 5.76. The van der Waals surface area contributed by atoms with Gasteiger partial charge in [0.25, 0.3) is 0 Å². The number of hydrogen-bond acceptors (Lipinski definition) is 3. The fourth-order valence-corrected chi connectivity index (χ4v) is 3.13. The molecule has 0 spiro atoms. The minimum atomic E-state index is -0.847. The number of ether oxygens (including phenoxy) is 1. The lowest BCUT2D eigenvalue weighted by atomic mass is 10.1. The fourth-order valence-electron chi connectivity index (χ4n) is 3.13. The molecule has 19 heavy (non-hydrogen) atoms. The summed E-state index contributed by atoms with van der Waals surface area (Å²) in [7, 11) is 1.66. The summed E-state index contributed by atoms with van der Waals surface area (Å²) in [6, 6.07) is -0.249. The molecule has 0 aromatic heterocycles. The van der Waals surface area contributed by atoms with Crippen molar-refractivity contribution < 1.29 is 19.4 Å². The van der Waals surface area contributed by atoms with Crippen LogP contribution in [0.5, 0.6) is 0 Å². The number of nitrogens with one attached hydrogen (secondary N) is 1. The van der Waals surface area contributed by atoms with Gasteiger partial charge in [0, 0.05) is 19.7 Å². The zero-order valence-corrected chi connectivity index (χ0v) is 11.3. The van der Waals surface area contributed by atoms with E-state index < -0.39 is 5.97 Å². The average Bonchev–Trinajstić information content (AvgIpc) is 2.97. The van der Waals surface area contributed by atoms with Gasteiger partial charge in [-0.25, -0.2) is 4.79 Å². The molecule has 0 bridgehead atoms. The third-order valence-corrected chi connectivity index (χ3v) is 4.11. The summed E-state index contributed by atoms with van der Waals surface area (Å²) in [4.78, 5) is 24.7. The van der Waals surface area contributed by atoms with E-state index in [2.05, 4.69) is 5.32 Å². The van der Waals surface area contributed by atoms with E-state index in [0.29, 0.717) is 6.54 Å². The summed E-state index contributed by atoms with van der Waals surface area (Å²) >= 11 is 0. The largest absolute Gasteiger partial charge is 0.481 e. The molecule has 3 atom stereocenters. The molecule has 2 amide bonds. The molecule has 1 aliphatic carbocycles. The Morgan fingerprint density at radius 1 is 1.32 bits per heavy atom. The Morgan fingerprint density at radius 2 is 2.11 bits per heavy atom. The maximum absolute atomic E-state index is 12.2. The first-order chi connectivity index (χ1) is 9.11. The van der Waals surface area contributed by atoms with Gasteiger partial charge in [0.2, 0.25) is 0 Å². The normalized spacial score (nSPS) is 30.6. The van der Waals surface area contributed by atoms with Gasteiger partial charge in [-0.15, -0.1) is 0 Å². The quantitative estimate of drug-likeness (QED) is 0.804. The average molecular weight is 270 g/mol. The van der Waals surface area contributed by atoms with Crippen LogP contribution in [0.15, 0.2) is 0 Å². The molecule has 1 aliphatic heterocycles. The number of likely N-dealkylation sites (tertiary alicyclic amines) is 1. The molecular weight excluding hydrogens is 248 g/mol. The van der Waals surface area contributed by atoms with E-state index in [9.17, 15) is 9.59 Å². The van der Waals surface area contributed by atoms with Gasteiger partial charge in [-0.2, -0.15) is 0 Å². The van der Waals surface area contributed by atoms with Crippen LogP contribution in [0.2, 0.25) is 0 Å². The van der Waals surface area contributed by atoms with E-state index in [1.807, 2.05) is 0 Å². The predicted molar refractivity (Wildman–Crippen MR) is 68.9 cm³/mol. The number of aliphatic carboxylic acids is 1. The number of urea groups is 1. The SMILES string of the molecule is COC1CCCC1NC(=O)N1CCCC1CC(=O)O. The van der Waals surface area contributed by atoms with E-state index in [1.165, 1.54) is 0 Å². The van der Waals surface area contributed by atoms with Crippen molar-refractivity contribution in [2.45, 2.75) is 56.7 Å². The van der Waals surface area contributed by atoms with Crippen molar-refractivity contribution in [3.8, 4) is 0 Å². The number of nitrogens with zero attached hydrogens (tertiary/aromatic N) is 1. The number of carboxylic acid groups (broad SMARTS) is 1. The Hall–Kier alpha value is -1.30. The van der Waals surface area contributed by atoms with Gasteiger partial charge in [-0.05, 0) is 32.1 Å². The van der Waals surface area contributed by atoms with Crippen molar-refractivity contribution in [2.75, 3.05) is 13.7 Å². The van der Waals surface area contributed by atoms with Crippen LogP contribution >= 0.6 is 0 Å². The molecule has 0 aromatic rings. The molecule has 1 heterocycles. The van der Waals surface area contributed by atoms with Crippen molar-refractivity contribution in [3.63, 3.8) is 0 Å². The van der Waals surface area contributed by atoms with Crippen LogP contribution in [0.3, 0.4) is 0 Å². The van der Waals surface area contributed by atoms with E-state index in [1.54, 1.807) is 12.0 Å². The summed E-state index contributed by atoms with van der Waals surface area (Å²) in [6.45, 7) is 0.647. The van der Waals surface area contributed by atoms with Crippen LogP contribution < -0.4 is 5.32 Å². The Bertz CT molecular complexity index is 348. The Kier molecular flexibility index (Phi) is 4.63. The summed E-state index contributed by atoms with van der Waals surface area (Å²) in [6.07, 6.45) is 4.74. The maximum atomic E-state index is 12.2. The zero-order valence-electron chi connectivity index (χ0n) is 11.3. The number of methoxy groups -OCH3 is 1. The van der Waals surface area contributed by atoms with Gasteiger partial charge in [-0.3, -0.25) is 4.79 Å². The van der Waals surface area contributed by atoms with Crippen molar-refractivity contribution in [1.29, 1.82) is 0 Å². The molecule has 1 saturated heterocycles. The Morgan fingerprint density at radius 3 is 2.79 bits per heavy atom. The van der Waals surface area contributed by atoms with Crippen LogP contribution in [0.1, 0.15) is 38.5 Å². The van der Waals surface area contributed by atoms with Gasteiger partial charge in [0.1, 0.15) is 0 Å². The van der Waals surface area contributed by atoms with Crippen molar-refractivity contribution in [2.24, 2.45) is 0 Å². The lowest BCUT2D eigenvalue weighted by Gasteiger charge is -2.27. The molecule has 1 saturated carbocycles. The van der Waals surface area contributed by atoms with Crippen LogP contribution in [-0.2, 0) is 9.53 Å². The Labute approximate surface area is 113 Å². The van der Waals surface area contributed by atoms with Gasteiger partial charge >= 0.3 is 12.0 Å². The second-order valence-corrected chi connectivity index (χ2v) is 5.35. The first kappa shape index (κ1) is 14.1. The number of rotatable bonds is 4. The molecule has 2 N–H and O–H groups in total. The van der Waals surface area contributed by atoms with E-state index >= 15 is 0 Å². The third kappa shape index (κ3) is 3.37. The zero-order chi connectivity index (χ0) is 13.8. The summed E-state index contributed by atoms with van der Waals surface area (Å²) in [5.41, 5.74) is 0. The second kappa shape index (κ2) is 6.23. The standard InChI is InChI=1S/C13H22N2O4/c1-19-11-6-2-5-10(11)14-13(18)15-7-3-4-9(15)8-12(16)17/h9-11H,2-8H2,1H3,(H,14,18)(H,16,17). The van der Waals surface area contributed by atoms with Gasteiger partial charge < -0.3 is 20.1 Å². The second-order valence-electron chi connectivity index (χ2n) is 5.35. The molecule has 6 nitrogen and oxygen atoms in total.